The van der Waals surface area contributed by atoms with Gasteiger partial charge in [0.25, 0.3) is 0 Å². The van der Waals surface area contributed by atoms with Gasteiger partial charge in [0, 0.05) is 5.56 Å². The number of benzene rings is 2. The Morgan fingerprint density at radius 1 is 0.789 bits per heavy atom. The Kier molecular flexibility index (Phi) is 3.23. The highest BCUT2D eigenvalue weighted by atomic mass is 14.8. The van der Waals surface area contributed by atoms with Crippen molar-refractivity contribution in [2.24, 2.45) is 0 Å². The molecule has 0 amide bonds. The van der Waals surface area contributed by atoms with Crippen LogP contribution in [-0.2, 0) is 6.42 Å². The van der Waals surface area contributed by atoms with E-state index in [4.69, 9.17) is 9.97 Å². The molecule has 0 radical (unpaired) electrons. The summed E-state index contributed by atoms with van der Waals surface area (Å²) in [5.41, 5.74) is 5.18. The fourth-order valence-corrected chi connectivity index (χ4v) is 2.27. The molecule has 0 N–H and O–H groups in total. The van der Waals surface area contributed by atoms with Gasteiger partial charge in [0.1, 0.15) is 0 Å². The maximum Gasteiger partial charge on any atom is 0.0925 e. The molecule has 0 atom stereocenters. The summed E-state index contributed by atoms with van der Waals surface area (Å²) in [5.74, 6) is 0. The first-order valence-electron chi connectivity index (χ1n) is 6.69. The second-order valence-electron chi connectivity index (χ2n) is 4.62. The second kappa shape index (κ2) is 5.19. The van der Waals surface area contributed by atoms with E-state index in [2.05, 4.69) is 19.1 Å². The molecule has 2 heteroatoms. The van der Waals surface area contributed by atoms with Crippen LogP contribution in [0, 0.1) is 0 Å². The van der Waals surface area contributed by atoms with E-state index in [1.165, 1.54) is 0 Å². The molecular formula is C17H16N2. The first-order valence-corrected chi connectivity index (χ1v) is 6.69. The largest absolute Gasteiger partial charge is 0.249 e. The highest BCUT2D eigenvalue weighted by Crippen LogP contribution is 2.23. The molecule has 3 rings (SSSR count). The third kappa shape index (κ3) is 2.34. The molecule has 2 aromatic carbocycles. The van der Waals surface area contributed by atoms with Gasteiger partial charge in [-0.05, 0) is 18.6 Å². The molecule has 0 aliphatic rings. The average molecular weight is 248 g/mol. The van der Waals surface area contributed by atoms with Crippen LogP contribution in [0.2, 0.25) is 0 Å². The topological polar surface area (TPSA) is 25.8 Å². The summed E-state index contributed by atoms with van der Waals surface area (Å²) in [5, 5.41) is 0. The Hall–Kier alpha value is -2.22. The van der Waals surface area contributed by atoms with Crippen molar-refractivity contribution in [3.8, 4) is 11.3 Å². The third-order valence-corrected chi connectivity index (χ3v) is 3.18. The predicted molar refractivity (Wildman–Crippen MR) is 79.0 cm³/mol. The fourth-order valence-electron chi connectivity index (χ4n) is 2.27. The first kappa shape index (κ1) is 11.8. The van der Waals surface area contributed by atoms with Crippen LogP contribution in [0.5, 0.6) is 0 Å². The molecule has 0 saturated carbocycles. The van der Waals surface area contributed by atoms with Crippen molar-refractivity contribution >= 4 is 11.0 Å². The Labute approximate surface area is 113 Å². The quantitative estimate of drug-likeness (QED) is 0.692. The van der Waals surface area contributed by atoms with Crippen molar-refractivity contribution in [3.05, 3.63) is 60.3 Å². The van der Waals surface area contributed by atoms with Gasteiger partial charge < -0.3 is 0 Å². The minimum atomic E-state index is 0.959. The highest BCUT2D eigenvalue weighted by molar-refractivity contribution is 5.78. The van der Waals surface area contributed by atoms with Crippen LogP contribution in [0.1, 0.15) is 19.0 Å². The summed E-state index contributed by atoms with van der Waals surface area (Å²) in [6.07, 6.45) is 2.04. The SMILES string of the molecule is CCCc1nc2ccccc2nc1-c1ccccc1. The molecule has 0 unspecified atom stereocenters. The Morgan fingerprint density at radius 2 is 1.42 bits per heavy atom. The number of nitrogens with zero attached hydrogens (tertiary/aromatic N) is 2. The molecule has 94 valence electrons. The molecule has 1 heterocycles. The number of rotatable bonds is 3. The second-order valence-corrected chi connectivity index (χ2v) is 4.62. The van der Waals surface area contributed by atoms with Crippen LogP contribution in [-0.4, -0.2) is 9.97 Å². The molecule has 0 saturated heterocycles. The van der Waals surface area contributed by atoms with Gasteiger partial charge in [-0.25, -0.2) is 9.97 Å². The van der Waals surface area contributed by atoms with E-state index < -0.39 is 0 Å². The maximum atomic E-state index is 4.80. The zero-order chi connectivity index (χ0) is 13.1. The molecule has 2 nitrogen and oxygen atoms in total. The van der Waals surface area contributed by atoms with Crippen LogP contribution >= 0.6 is 0 Å². The normalized spacial score (nSPS) is 10.8. The van der Waals surface area contributed by atoms with Gasteiger partial charge in [-0.1, -0.05) is 55.8 Å². The number of hydrogen-bond donors (Lipinski definition) is 0. The molecular weight excluding hydrogens is 232 g/mol. The van der Waals surface area contributed by atoms with E-state index in [0.29, 0.717) is 0 Å². The van der Waals surface area contributed by atoms with Crippen molar-refractivity contribution < 1.29 is 0 Å². The molecule has 0 aliphatic heterocycles. The van der Waals surface area contributed by atoms with E-state index in [1.807, 2.05) is 42.5 Å². The Morgan fingerprint density at radius 3 is 2.11 bits per heavy atom. The smallest absolute Gasteiger partial charge is 0.0925 e. The van der Waals surface area contributed by atoms with E-state index in [9.17, 15) is 0 Å². The minimum absolute atomic E-state index is 0.959. The predicted octanol–water partition coefficient (Wildman–Crippen LogP) is 4.25. The minimum Gasteiger partial charge on any atom is -0.249 e. The van der Waals surface area contributed by atoms with Gasteiger partial charge in [-0.3, -0.25) is 0 Å². The van der Waals surface area contributed by atoms with Crippen molar-refractivity contribution in [1.29, 1.82) is 0 Å². The van der Waals surface area contributed by atoms with Crippen molar-refractivity contribution in [2.45, 2.75) is 19.8 Å². The zero-order valence-corrected chi connectivity index (χ0v) is 11.0. The molecule has 19 heavy (non-hydrogen) atoms. The number of para-hydroxylation sites is 2. The van der Waals surface area contributed by atoms with Gasteiger partial charge in [0.05, 0.1) is 22.4 Å². The standard InChI is InChI=1S/C17H16N2/c1-2-8-16-17(13-9-4-3-5-10-13)19-15-12-7-6-11-14(15)18-16/h3-7,9-12H,2,8H2,1H3. The number of hydrogen-bond acceptors (Lipinski definition) is 2. The average Bonchev–Trinajstić information content (AvgIpc) is 2.48. The molecule has 0 spiro atoms. The van der Waals surface area contributed by atoms with Crippen molar-refractivity contribution in [2.75, 3.05) is 0 Å². The van der Waals surface area contributed by atoms with E-state index in [1.54, 1.807) is 0 Å². The fraction of sp³-hybridized carbons (Fsp3) is 0.176. The first-order chi connectivity index (χ1) is 9.38. The van der Waals surface area contributed by atoms with Gasteiger partial charge in [0.15, 0.2) is 0 Å². The van der Waals surface area contributed by atoms with Crippen LogP contribution < -0.4 is 0 Å². The van der Waals surface area contributed by atoms with Gasteiger partial charge in [-0.15, -0.1) is 0 Å². The van der Waals surface area contributed by atoms with Gasteiger partial charge in [0.2, 0.25) is 0 Å². The lowest BCUT2D eigenvalue weighted by Gasteiger charge is -2.09. The number of aryl methyl sites for hydroxylation is 1. The van der Waals surface area contributed by atoms with Crippen LogP contribution in [0.15, 0.2) is 54.6 Å². The number of fused-ring (bicyclic) bond motifs is 1. The molecule has 0 bridgehead atoms. The third-order valence-electron chi connectivity index (χ3n) is 3.18. The summed E-state index contributed by atoms with van der Waals surface area (Å²) in [7, 11) is 0. The lowest BCUT2D eigenvalue weighted by Crippen LogP contribution is -1.98. The summed E-state index contributed by atoms with van der Waals surface area (Å²) < 4.78 is 0. The maximum absolute atomic E-state index is 4.80. The highest BCUT2D eigenvalue weighted by Gasteiger charge is 2.09. The molecule has 3 aromatic rings. The van der Waals surface area contributed by atoms with Crippen molar-refractivity contribution in [1.82, 2.24) is 9.97 Å². The van der Waals surface area contributed by atoms with Gasteiger partial charge >= 0.3 is 0 Å². The lowest BCUT2D eigenvalue weighted by atomic mass is 10.1. The summed E-state index contributed by atoms with van der Waals surface area (Å²) >= 11 is 0. The van der Waals surface area contributed by atoms with E-state index >= 15 is 0 Å². The zero-order valence-electron chi connectivity index (χ0n) is 11.0. The summed E-state index contributed by atoms with van der Waals surface area (Å²) in [6.45, 7) is 2.17. The molecule has 0 fully saturated rings. The molecule has 0 aliphatic carbocycles. The van der Waals surface area contributed by atoms with E-state index in [0.717, 1.165) is 40.8 Å². The van der Waals surface area contributed by atoms with Crippen LogP contribution in [0.25, 0.3) is 22.3 Å². The Bertz CT molecular complexity index is 690. The Balaban J connectivity index is 2.23. The van der Waals surface area contributed by atoms with E-state index in [-0.39, 0.29) is 0 Å². The molecule has 1 aromatic heterocycles. The monoisotopic (exact) mass is 248 g/mol. The van der Waals surface area contributed by atoms with Gasteiger partial charge in [-0.2, -0.15) is 0 Å². The van der Waals surface area contributed by atoms with Crippen LogP contribution in [0.3, 0.4) is 0 Å². The summed E-state index contributed by atoms with van der Waals surface area (Å²) in [6, 6.07) is 18.4. The number of aromatic nitrogens is 2. The summed E-state index contributed by atoms with van der Waals surface area (Å²) in [4.78, 5) is 9.58. The van der Waals surface area contributed by atoms with Crippen molar-refractivity contribution in [3.63, 3.8) is 0 Å². The lowest BCUT2D eigenvalue weighted by molar-refractivity contribution is 0.884. The van der Waals surface area contributed by atoms with Crippen LogP contribution in [0.4, 0.5) is 0 Å².